The molecule has 7 heteroatoms. The molecule has 0 saturated heterocycles. The Balaban J connectivity index is 1.95. The summed E-state index contributed by atoms with van der Waals surface area (Å²) in [5.74, 6) is 2.32. The highest BCUT2D eigenvalue weighted by Crippen LogP contribution is 2.15. The first-order valence-electron chi connectivity index (χ1n) is 8.72. The number of halogens is 1. The first kappa shape index (κ1) is 19.2. The molecule has 1 aromatic heterocycles. The Kier molecular flexibility index (Phi) is 7.73. The molecule has 136 valence electrons. The quantitative estimate of drug-likeness (QED) is 0.559. The van der Waals surface area contributed by atoms with E-state index in [0.29, 0.717) is 12.5 Å². The van der Waals surface area contributed by atoms with Crippen molar-refractivity contribution in [3.05, 3.63) is 47.0 Å². The van der Waals surface area contributed by atoms with Gasteiger partial charge in [-0.2, -0.15) is 0 Å². The number of guanidine groups is 1. The van der Waals surface area contributed by atoms with Crippen LogP contribution in [0, 0.1) is 5.92 Å². The Morgan fingerprint density at radius 3 is 2.80 bits per heavy atom. The van der Waals surface area contributed by atoms with Crippen LogP contribution in [0.4, 0.5) is 0 Å². The van der Waals surface area contributed by atoms with Gasteiger partial charge in [-0.3, -0.25) is 0 Å². The van der Waals surface area contributed by atoms with Crippen LogP contribution in [-0.2, 0) is 19.5 Å². The normalized spacial score (nSPS) is 11.8. The minimum absolute atomic E-state index is 0.539. The SMILES string of the molecule is CCc1nncn1CCNC(=NCc1ccccc1Cl)NCC(C)C. The zero-order valence-corrected chi connectivity index (χ0v) is 15.9. The Morgan fingerprint density at radius 2 is 2.08 bits per heavy atom. The molecule has 0 aliphatic carbocycles. The lowest BCUT2D eigenvalue weighted by Crippen LogP contribution is -2.40. The summed E-state index contributed by atoms with van der Waals surface area (Å²) < 4.78 is 2.06. The Bertz CT molecular complexity index is 680. The van der Waals surface area contributed by atoms with Crippen LogP contribution in [0.25, 0.3) is 0 Å². The maximum absolute atomic E-state index is 6.21. The van der Waals surface area contributed by atoms with Gasteiger partial charge in [0.2, 0.25) is 0 Å². The third kappa shape index (κ3) is 6.38. The van der Waals surface area contributed by atoms with Gasteiger partial charge in [0.1, 0.15) is 12.2 Å². The van der Waals surface area contributed by atoms with Gasteiger partial charge in [0, 0.05) is 31.1 Å². The van der Waals surface area contributed by atoms with E-state index in [1.807, 2.05) is 24.3 Å². The number of nitrogens with one attached hydrogen (secondary N) is 2. The molecular formula is C18H27ClN6. The van der Waals surface area contributed by atoms with E-state index >= 15 is 0 Å². The van der Waals surface area contributed by atoms with Crippen molar-refractivity contribution in [2.24, 2.45) is 10.9 Å². The average molecular weight is 363 g/mol. The van der Waals surface area contributed by atoms with Gasteiger partial charge in [0.25, 0.3) is 0 Å². The van der Waals surface area contributed by atoms with Crippen LogP contribution in [0.2, 0.25) is 5.02 Å². The van der Waals surface area contributed by atoms with E-state index in [0.717, 1.165) is 48.4 Å². The topological polar surface area (TPSA) is 67.1 Å². The fourth-order valence-corrected chi connectivity index (χ4v) is 2.50. The zero-order valence-electron chi connectivity index (χ0n) is 15.2. The van der Waals surface area contributed by atoms with Gasteiger partial charge in [-0.15, -0.1) is 10.2 Å². The molecule has 2 aromatic rings. The maximum Gasteiger partial charge on any atom is 0.191 e. The summed E-state index contributed by atoms with van der Waals surface area (Å²) >= 11 is 6.21. The number of hydrogen-bond donors (Lipinski definition) is 2. The number of aliphatic imine (C=N–C) groups is 1. The van der Waals surface area contributed by atoms with E-state index in [-0.39, 0.29) is 0 Å². The lowest BCUT2D eigenvalue weighted by molar-refractivity contribution is 0.599. The molecule has 0 aliphatic rings. The molecule has 0 unspecified atom stereocenters. The van der Waals surface area contributed by atoms with Gasteiger partial charge in [-0.1, -0.05) is 50.6 Å². The van der Waals surface area contributed by atoms with Crippen molar-refractivity contribution >= 4 is 17.6 Å². The second kappa shape index (κ2) is 10.0. The van der Waals surface area contributed by atoms with E-state index in [2.05, 4.69) is 51.2 Å². The highest BCUT2D eigenvalue weighted by atomic mass is 35.5. The lowest BCUT2D eigenvalue weighted by Gasteiger charge is -2.15. The smallest absolute Gasteiger partial charge is 0.191 e. The minimum atomic E-state index is 0.539. The van der Waals surface area contributed by atoms with Crippen LogP contribution in [0.1, 0.15) is 32.2 Å². The molecular weight excluding hydrogens is 336 g/mol. The van der Waals surface area contributed by atoms with Crippen molar-refractivity contribution in [3.8, 4) is 0 Å². The second-order valence-electron chi connectivity index (χ2n) is 6.25. The fraction of sp³-hybridized carbons (Fsp3) is 0.500. The lowest BCUT2D eigenvalue weighted by atomic mass is 10.2. The molecule has 0 radical (unpaired) electrons. The van der Waals surface area contributed by atoms with Crippen molar-refractivity contribution < 1.29 is 0 Å². The van der Waals surface area contributed by atoms with Gasteiger partial charge in [0.05, 0.1) is 6.54 Å². The highest BCUT2D eigenvalue weighted by molar-refractivity contribution is 6.31. The molecule has 0 saturated carbocycles. The third-order valence-electron chi connectivity index (χ3n) is 3.70. The van der Waals surface area contributed by atoms with Crippen LogP contribution < -0.4 is 10.6 Å². The molecule has 0 spiro atoms. The number of benzene rings is 1. The molecule has 1 aromatic carbocycles. The number of hydrogen-bond acceptors (Lipinski definition) is 3. The van der Waals surface area contributed by atoms with Crippen LogP contribution >= 0.6 is 11.6 Å². The molecule has 0 atom stereocenters. The summed E-state index contributed by atoms with van der Waals surface area (Å²) in [6, 6.07) is 7.79. The van der Waals surface area contributed by atoms with Gasteiger partial charge < -0.3 is 15.2 Å². The first-order chi connectivity index (χ1) is 12.1. The van der Waals surface area contributed by atoms with Crippen LogP contribution in [0.5, 0.6) is 0 Å². The van der Waals surface area contributed by atoms with E-state index < -0.39 is 0 Å². The standard InChI is InChI=1S/C18H27ClN6/c1-4-17-24-23-13-25(17)10-9-20-18(21-11-14(2)3)22-12-15-7-5-6-8-16(15)19/h5-8,13-14H,4,9-12H2,1-3H3,(H2,20,21,22). The fourth-order valence-electron chi connectivity index (χ4n) is 2.30. The van der Waals surface area contributed by atoms with Gasteiger partial charge >= 0.3 is 0 Å². The molecule has 0 bridgehead atoms. The maximum atomic E-state index is 6.21. The van der Waals surface area contributed by atoms with Gasteiger partial charge in [-0.25, -0.2) is 4.99 Å². The third-order valence-corrected chi connectivity index (χ3v) is 4.07. The molecule has 2 N–H and O–H groups in total. The average Bonchev–Trinajstić information content (AvgIpc) is 3.05. The largest absolute Gasteiger partial charge is 0.356 e. The van der Waals surface area contributed by atoms with Gasteiger partial charge in [-0.05, 0) is 17.5 Å². The molecule has 0 aliphatic heterocycles. The van der Waals surface area contributed by atoms with Crippen molar-refractivity contribution in [1.29, 1.82) is 0 Å². The summed E-state index contributed by atoms with van der Waals surface area (Å²) in [4.78, 5) is 4.66. The van der Waals surface area contributed by atoms with Gasteiger partial charge in [0.15, 0.2) is 5.96 Å². The number of aryl methyl sites for hydroxylation is 1. The summed E-state index contributed by atoms with van der Waals surface area (Å²) in [5.41, 5.74) is 1.02. The summed E-state index contributed by atoms with van der Waals surface area (Å²) in [5, 5.41) is 15.6. The Hall–Kier alpha value is -2.08. The number of aromatic nitrogens is 3. The predicted molar refractivity (Wildman–Crippen MR) is 103 cm³/mol. The highest BCUT2D eigenvalue weighted by Gasteiger charge is 2.04. The monoisotopic (exact) mass is 362 g/mol. The van der Waals surface area contributed by atoms with Crippen molar-refractivity contribution in [3.63, 3.8) is 0 Å². The number of nitrogens with zero attached hydrogens (tertiary/aromatic N) is 4. The van der Waals surface area contributed by atoms with Crippen molar-refractivity contribution in [2.75, 3.05) is 13.1 Å². The van der Waals surface area contributed by atoms with Crippen LogP contribution in [-0.4, -0.2) is 33.8 Å². The predicted octanol–water partition coefficient (Wildman–Crippen LogP) is 2.89. The molecule has 25 heavy (non-hydrogen) atoms. The summed E-state index contributed by atoms with van der Waals surface area (Å²) in [6.45, 7) is 9.37. The van der Waals surface area contributed by atoms with Crippen molar-refractivity contribution in [2.45, 2.75) is 40.3 Å². The van der Waals surface area contributed by atoms with E-state index in [4.69, 9.17) is 11.6 Å². The Morgan fingerprint density at radius 1 is 1.28 bits per heavy atom. The van der Waals surface area contributed by atoms with Crippen LogP contribution in [0.3, 0.4) is 0 Å². The van der Waals surface area contributed by atoms with Crippen molar-refractivity contribution in [1.82, 2.24) is 25.4 Å². The minimum Gasteiger partial charge on any atom is -0.356 e. The molecule has 0 amide bonds. The summed E-state index contributed by atoms with van der Waals surface area (Å²) in [7, 11) is 0. The molecule has 1 heterocycles. The van der Waals surface area contributed by atoms with Crippen LogP contribution in [0.15, 0.2) is 35.6 Å². The Labute approximate surface area is 154 Å². The number of rotatable bonds is 8. The first-order valence-corrected chi connectivity index (χ1v) is 9.10. The summed E-state index contributed by atoms with van der Waals surface area (Å²) in [6.07, 6.45) is 2.64. The molecule has 0 fully saturated rings. The second-order valence-corrected chi connectivity index (χ2v) is 6.66. The van der Waals surface area contributed by atoms with E-state index in [9.17, 15) is 0 Å². The molecule has 2 rings (SSSR count). The van der Waals surface area contributed by atoms with E-state index in [1.165, 1.54) is 0 Å². The van der Waals surface area contributed by atoms with E-state index in [1.54, 1.807) is 6.33 Å². The zero-order chi connectivity index (χ0) is 18.1. The molecule has 6 nitrogen and oxygen atoms in total.